The van der Waals surface area contributed by atoms with E-state index in [9.17, 15) is 13.2 Å². The number of amides is 1. The molecule has 2 aromatic carbocycles. The van der Waals surface area contributed by atoms with Gasteiger partial charge >= 0.3 is 0 Å². The van der Waals surface area contributed by atoms with E-state index >= 15 is 0 Å². The van der Waals surface area contributed by atoms with Gasteiger partial charge in [-0.05, 0) is 50.8 Å². The van der Waals surface area contributed by atoms with Crippen LogP contribution in [0.5, 0.6) is 0 Å². The van der Waals surface area contributed by atoms with Crippen molar-refractivity contribution in [3.8, 4) is 0 Å². The van der Waals surface area contributed by atoms with E-state index in [4.69, 9.17) is 4.74 Å². The minimum atomic E-state index is -3.86. The molecule has 0 heterocycles. The minimum Gasteiger partial charge on any atom is -0.382 e. The van der Waals surface area contributed by atoms with Gasteiger partial charge in [-0.2, -0.15) is 4.31 Å². The van der Waals surface area contributed by atoms with Gasteiger partial charge in [-0.1, -0.05) is 48.0 Å². The number of hydrogen-bond donors (Lipinski definition) is 1. The van der Waals surface area contributed by atoms with Crippen molar-refractivity contribution in [1.82, 2.24) is 9.62 Å². The molecule has 164 valence electrons. The number of nitrogens with zero attached hydrogens (tertiary/aromatic N) is 1. The Kier molecular flexibility index (Phi) is 9.02. The maximum Gasteiger partial charge on any atom is 0.244 e. The van der Waals surface area contributed by atoms with Crippen LogP contribution in [0.4, 0.5) is 0 Å². The van der Waals surface area contributed by atoms with Crippen molar-refractivity contribution in [1.29, 1.82) is 0 Å². The third-order valence-corrected chi connectivity index (χ3v) is 6.81. The van der Waals surface area contributed by atoms with Crippen molar-refractivity contribution in [3.05, 3.63) is 64.7 Å². The molecule has 0 spiro atoms. The summed E-state index contributed by atoms with van der Waals surface area (Å²) in [4.78, 5) is 12.8. The summed E-state index contributed by atoms with van der Waals surface area (Å²) in [6, 6.07) is 13.0. The van der Waals surface area contributed by atoms with E-state index in [1.54, 1.807) is 13.8 Å². The first-order valence-electron chi connectivity index (χ1n) is 10.2. The van der Waals surface area contributed by atoms with Crippen LogP contribution in [0.2, 0.25) is 0 Å². The molecule has 0 saturated heterocycles. The van der Waals surface area contributed by atoms with E-state index in [0.717, 1.165) is 11.1 Å². The summed E-state index contributed by atoms with van der Waals surface area (Å²) in [5.74, 6) is -0.326. The van der Waals surface area contributed by atoms with Crippen LogP contribution in [0.3, 0.4) is 0 Å². The highest BCUT2D eigenvalue weighted by Crippen LogP contribution is 2.26. The number of aryl methyl sites for hydroxylation is 3. The van der Waals surface area contributed by atoms with E-state index in [-0.39, 0.29) is 23.9 Å². The lowest BCUT2D eigenvalue weighted by molar-refractivity contribution is -0.121. The summed E-state index contributed by atoms with van der Waals surface area (Å²) in [6.07, 6.45) is 0.682. The fourth-order valence-electron chi connectivity index (χ4n) is 3.48. The number of benzene rings is 2. The van der Waals surface area contributed by atoms with Crippen molar-refractivity contribution in [2.45, 2.75) is 45.6 Å². The molecular weight excluding hydrogens is 400 g/mol. The lowest BCUT2D eigenvalue weighted by Gasteiger charge is -2.24. The van der Waals surface area contributed by atoms with Crippen LogP contribution in [0.25, 0.3) is 0 Å². The van der Waals surface area contributed by atoms with Gasteiger partial charge in [0.05, 0.1) is 11.4 Å². The summed E-state index contributed by atoms with van der Waals surface area (Å²) in [5.41, 5.74) is 3.20. The number of ether oxygens (including phenoxy) is 1. The minimum absolute atomic E-state index is 0.127. The highest BCUT2D eigenvalue weighted by atomic mass is 32.2. The van der Waals surface area contributed by atoms with Crippen molar-refractivity contribution < 1.29 is 17.9 Å². The van der Waals surface area contributed by atoms with Gasteiger partial charge in [0.1, 0.15) is 0 Å². The lowest BCUT2D eigenvalue weighted by atomic mass is 10.1. The monoisotopic (exact) mass is 432 g/mol. The molecule has 0 fully saturated rings. The fraction of sp³-hybridized carbons (Fsp3) is 0.435. The van der Waals surface area contributed by atoms with Crippen LogP contribution in [0, 0.1) is 20.8 Å². The quantitative estimate of drug-likeness (QED) is 0.553. The van der Waals surface area contributed by atoms with E-state index in [1.165, 1.54) is 4.31 Å². The Bertz CT molecular complexity index is 920. The molecule has 6 nitrogen and oxygen atoms in total. The van der Waals surface area contributed by atoms with Gasteiger partial charge in [0.2, 0.25) is 15.9 Å². The zero-order chi connectivity index (χ0) is 22.1. The molecule has 0 radical (unpaired) electrons. The molecule has 0 bridgehead atoms. The molecule has 0 atom stereocenters. The molecule has 2 aromatic rings. The average Bonchev–Trinajstić information content (AvgIpc) is 2.67. The first-order chi connectivity index (χ1) is 14.3. The highest BCUT2D eigenvalue weighted by molar-refractivity contribution is 7.89. The van der Waals surface area contributed by atoms with Crippen LogP contribution in [-0.2, 0) is 26.1 Å². The van der Waals surface area contributed by atoms with Gasteiger partial charge in [0, 0.05) is 26.3 Å². The Hall–Kier alpha value is -2.22. The van der Waals surface area contributed by atoms with Gasteiger partial charge in [-0.25, -0.2) is 8.42 Å². The van der Waals surface area contributed by atoms with Gasteiger partial charge in [0.25, 0.3) is 0 Å². The Morgan fingerprint density at radius 3 is 2.30 bits per heavy atom. The zero-order valence-electron chi connectivity index (χ0n) is 18.3. The Balaban J connectivity index is 2.26. The van der Waals surface area contributed by atoms with Crippen LogP contribution in [-0.4, -0.2) is 44.9 Å². The summed E-state index contributed by atoms with van der Waals surface area (Å²) >= 11 is 0. The van der Waals surface area contributed by atoms with Crippen LogP contribution in [0.1, 0.15) is 35.6 Å². The Morgan fingerprint density at radius 1 is 1.07 bits per heavy atom. The number of rotatable bonds is 11. The number of nitrogens with one attached hydrogen (secondary N) is 1. The average molecular weight is 433 g/mol. The third kappa shape index (κ3) is 6.65. The van der Waals surface area contributed by atoms with Gasteiger partial charge in [-0.15, -0.1) is 0 Å². The molecule has 1 N–H and O–H groups in total. The molecule has 0 aliphatic heterocycles. The van der Waals surface area contributed by atoms with E-state index in [2.05, 4.69) is 5.32 Å². The van der Waals surface area contributed by atoms with Gasteiger partial charge in [0.15, 0.2) is 0 Å². The van der Waals surface area contributed by atoms with Crippen LogP contribution in [0.15, 0.2) is 47.4 Å². The van der Waals surface area contributed by atoms with Crippen molar-refractivity contribution in [2.75, 3.05) is 26.3 Å². The molecule has 0 saturated carbocycles. The van der Waals surface area contributed by atoms with Gasteiger partial charge in [-0.3, -0.25) is 4.79 Å². The standard InChI is InChI=1S/C23H32N2O4S/c1-5-29-13-9-12-24-22(26)17-25(16-21-10-7-6-8-11-21)30(27,28)23-19(3)14-18(2)15-20(23)4/h6-8,10-11,14-15H,5,9,12-13,16-17H2,1-4H3,(H,24,26). The maximum absolute atomic E-state index is 13.6. The maximum atomic E-state index is 13.6. The van der Waals surface area contributed by atoms with Crippen LogP contribution >= 0.6 is 0 Å². The van der Waals surface area contributed by atoms with Gasteiger partial charge < -0.3 is 10.1 Å². The molecule has 2 rings (SSSR count). The summed E-state index contributed by atoms with van der Waals surface area (Å²) in [6.45, 7) is 8.97. The second-order valence-electron chi connectivity index (χ2n) is 7.39. The van der Waals surface area contributed by atoms with Crippen molar-refractivity contribution in [3.63, 3.8) is 0 Å². The third-order valence-electron chi connectivity index (χ3n) is 4.72. The molecule has 0 aliphatic carbocycles. The number of carbonyl (C=O) groups is 1. The van der Waals surface area contributed by atoms with Crippen molar-refractivity contribution in [2.24, 2.45) is 0 Å². The predicted octanol–water partition coefficient (Wildman–Crippen LogP) is 3.35. The Morgan fingerprint density at radius 2 is 1.70 bits per heavy atom. The summed E-state index contributed by atoms with van der Waals surface area (Å²) in [5, 5.41) is 2.79. The first kappa shape index (κ1) is 24.1. The second-order valence-corrected chi connectivity index (χ2v) is 9.26. The summed E-state index contributed by atoms with van der Waals surface area (Å²) in [7, 11) is -3.86. The topological polar surface area (TPSA) is 75.7 Å². The number of carbonyl (C=O) groups excluding carboxylic acids is 1. The molecule has 0 aromatic heterocycles. The first-order valence-corrected chi connectivity index (χ1v) is 11.7. The fourth-order valence-corrected chi connectivity index (χ4v) is 5.27. The predicted molar refractivity (Wildman–Crippen MR) is 119 cm³/mol. The second kappa shape index (κ2) is 11.2. The van der Waals surface area contributed by atoms with E-state index < -0.39 is 10.0 Å². The molecule has 1 amide bonds. The zero-order valence-corrected chi connectivity index (χ0v) is 19.1. The smallest absolute Gasteiger partial charge is 0.244 e. The lowest BCUT2D eigenvalue weighted by Crippen LogP contribution is -2.41. The SMILES string of the molecule is CCOCCCNC(=O)CN(Cc1ccccc1)S(=O)(=O)c1c(C)cc(C)cc1C. The van der Waals surface area contributed by atoms with Crippen LogP contribution < -0.4 is 5.32 Å². The number of hydrogen-bond acceptors (Lipinski definition) is 4. The van der Waals surface area contributed by atoms with E-state index in [1.807, 2.05) is 56.3 Å². The normalized spacial score (nSPS) is 11.6. The molecule has 0 aliphatic rings. The van der Waals surface area contributed by atoms with Crippen molar-refractivity contribution >= 4 is 15.9 Å². The summed E-state index contributed by atoms with van der Waals surface area (Å²) < 4.78 is 33.7. The Labute approximate surface area is 180 Å². The number of sulfonamides is 1. The molecule has 7 heteroatoms. The highest BCUT2D eigenvalue weighted by Gasteiger charge is 2.29. The molecular formula is C23H32N2O4S. The molecule has 30 heavy (non-hydrogen) atoms. The molecule has 0 unspecified atom stereocenters. The van der Waals surface area contributed by atoms with E-state index in [0.29, 0.717) is 37.3 Å². The largest absolute Gasteiger partial charge is 0.382 e.